The highest BCUT2D eigenvalue weighted by Crippen LogP contribution is 2.37. The van der Waals surface area contributed by atoms with Crippen molar-refractivity contribution in [2.45, 2.75) is 17.9 Å². The number of hydrogen-bond acceptors (Lipinski definition) is 4. The maximum atomic E-state index is 12.3. The average Bonchev–Trinajstić information content (AvgIpc) is 2.28. The molecule has 1 aromatic rings. The smallest absolute Gasteiger partial charge is 0.140 e. The first-order valence-electron chi connectivity index (χ1n) is 4.84. The lowest BCUT2D eigenvalue weighted by Crippen LogP contribution is -2.07. The first-order chi connectivity index (χ1) is 7.63. The zero-order chi connectivity index (χ0) is 12.1. The number of alkyl halides is 1. The van der Waals surface area contributed by atoms with E-state index in [0.717, 1.165) is 17.3 Å². The summed E-state index contributed by atoms with van der Waals surface area (Å²) in [6.45, 7) is 1.86. The highest BCUT2D eigenvalue weighted by molar-refractivity contribution is 7.99. The molecule has 0 aromatic heterocycles. The Kier molecular flexibility index (Phi) is 4.89. The molecule has 0 bridgehead atoms. The SMILES string of the molecule is COc1cc(C(C)N)c(OC)cc1SCF. The molecule has 0 radical (unpaired) electrons. The van der Waals surface area contributed by atoms with E-state index in [0.29, 0.717) is 16.4 Å². The fourth-order valence-electron chi connectivity index (χ4n) is 1.42. The molecule has 0 saturated carbocycles. The summed E-state index contributed by atoms with van der Waals surface area (Å²) in [5.41, 5.74) is 6.67. The van der Waals surface area contributed by atoms with Crippen molar-refractivity contribution in [1.82, 2.24) is 0 Å². The molecule has 0 aliphatic rings. The maximum Gasteiger partial charge on any atom is 0.140 e. The molecule has 16 heavy (non-hydrogen) atoms. The monoisotopic (exact) mass is 245 g/mol. The molecule has 1 aromatic carbocycles. The standard InChI is InChI=1S/C11H16FNO2S/c1-7(13)8-4-10(15-3)11(16-6-12)5-9(8)14-2/h4-5,7H,6,13H2,1-3H3. The Bertz CT molecular complexity index is 358. The van der Waals surface area contributed by atoms with Crippen molar-refractivity contribution in [3.05, 3.63) is 17.7 Å². The first kappa shape index (κ1) is 13.1. The van der Waals surface area contributed by atoms with Crippen molar-refractivity contribution < 1.29 is 13.9 Å². The van der Waals surface area contributed by atoms with Crippen LogP contribution in [0.1, 0.15) is 18.5 Å². The zero-order valence-electron chi connectivity index (χ0n) is 9.62. The van der Waals surface area contributed by atoms with Crippen LogP contribution < -0.4 is 15.2 Å². The van der Waals surface area contributed by atoms with Gasteiger partial charge in [-0.3, -0.25) is 0 Å². The summed E-state index contributed by atoms with van der Waals surface area (Å²) in [7, 11) is 3.12. The molecule has 5 heteroatoms. The fourth-order valence-corrected chi connectivity index (χ4v) is 2.01. The summed E-state index contributed by atoms with van der Waals surface area (Å²) >= 11 is 1.06. The third kappa shape index (κ3) is 2.80. The Labute approximate surface area is 99.1 Å². The quantitative estimate of drug-likeness (QED) is 0.810. The molecule has 1 unspecified atom stereocenters. The Morgan fingerprint density at radius 2 is 1.94 bits per heavy atom. The van der Waals surface area contributed by atoms with Gasteiger partial charge in [0.15, 0.2) is 0 Å². The third-order valence-electron chi connectivity index (χ3n) is 2.22. The lowest BCUT2D eigenvalue weighted by atomic mass is 10.1. The minimum Gasteiger partial charge on any atom is -0.496 e. The molecule has 0 aliphatic carbocycles. The molecule has 1 rings (SSSR count). The van der Waals surface area contributed by atoms with E-state index < -0.39 is 6.01 Å². The number of thioether (sulfide) groups is 1. The predicted molar refractivity (Wildman–Crippen MR) is 64.0 cm³/mol. The van der Waals surface area contributed by atoms with E-state index in [2.05, 4.69) is 0 Å². The van der Waals surface area contributed by atoms with Gasteiger partial charge in [-0.2, -0.15) is 0 Å². The van der Waals surface area contributed by atoms with Gasteiger partial charge in [0.2, 0.25) is 0 Å². The molecule has 0 saturated heterocycles. The fraction of sp³-hybridized carbons (Fsp3) is 0.455. The summed E-state index contributed by atoms with van der Waals surface area (Å²) in [6.07, 6.45) is 0. The topological polar surface area (TPSA) is 44.5 Å². The Morgan fingerprint density at radius 1 is 1.31 bits per heavy atom. The van der Waals surface area contributed by atoms with Crippen LogP contribution >= 0.6 is 11.8 Å². The maximum absolute atomic E-state index is 12.3. The number of hydrogen-bond donors (Lipinski definition) is 1. The van der Waals surface area contributed by atoms with Crippen LogP contribution in [0.2, 0.25) is 0 Å². The summed E-state index contributed by atoms with van der Waals surface area (Å²) in [5, 5.41) is 0. The van der Waals surface area contributed by atoms with Gasteiger partial charge in [0, 0.05) is 11.6 Å². The van der Waals surface area contributed by atoms with Crippen LogP contribution in [0.15, 0.2) is 17.0 Å². The molecule has 0 amide bonds. The second-order valence-corrected chi connectivity index (χ2v) is 4.23. The van der Waals surface area contributed by atoms with E-state index in [1.165, 1.54) is 0 Å². The van der Waals surface area contributed by atoms with Crippen LogP contribution in [0.4, 0.5) is 4.39 Å². The van der Waals surface area contributed by atoms with E-state index in [-0.39, 0.29) is 6.04 Å². The van der Waals surface area contributed by atoms with Crippen molar-refractivity contribution in [2.24, 2.45) is 5.73 Å². The summed E-state index contributed by atoms with van der Waals surface area (Å²) < 4.78 is 22.7. The Hall–Kier alpha value is -0.940. The van der Waals surface area contributed by atoms with Gasteiger partial charge in [-0.1, -0.05) is 11.8 Å². The van der Waals surface area contributed by atoms with E-state index in [1.54, 1.807) is 26.4 Å². The van der Waals surface area contributed by atoms with Gasteiger partial charge in [-0.05, 0) is 19.1 Å². The minimum absolute atomic E-state index is 0.159. The van der Waals surface area contributed by atoms with Crippen LogP contribution in [0, 0.1) is 0 Å². The lowest BCUT2D eigenvalue weighted by Gasteiger charge is -2.15. The van der Waals surface area contributed by atoms with Gasteiger partial charge in [-0.25, -0.2) is 4.39 Å². The van der Waals surface area contributed by atoms with Crippen molar-refractivity contribution >= 4 is 11.8 Å². The van der Waals surface area contributed by atoms with Crippen LogP contribution in [-0.2, 0) is 0 Å². The van der Waals surface area contributed by atoms with Crippen molar-refractivity contribution in [2.75, 3.05) is 20.2 Å². The van der Waals surface area contributed by atoms with Crippen LogP contribution in [0.25, 0.3) is 0 Å². The van der Waals surface area contributed by atoms with Crippen LogP contribution in [0.3, 0.4) is 0 Å². The summed E-state index contributed by atoms with van der Waals surface area (Å²) in [5.74, 6) is 1.28. The summed E-state index contributed by atoms with van der Waals surface area (Å²) in [6, 6.07) is 2.88. The van der Waals surface area contributed by atoms with Gasteiger partial charge in [0.25, 0.3) is 0 Å². The summed E-state index contributed by atoms with van der Waals surface area (Å²) in [4.78, 5) is 0.714. The van der Waals surface area contributed by atoms with Crippen molar-refractivity contribution in [3.63, 3.8) is 0 Å². The normalized spacial score (nSPS) is 12.3. The van der Waals surface area contributed by atoms with Gasteiger partial charge in [0.05, 0.1) is 19.1 Å². The molecule has 0 aliphatic heterocycles. The average molecular weight is 245 g/mol. The molecule has 90 valence electrons. The number of methoxy groups -OCH3 is 2. The van der Waals surface area contributed by atoms with Crippen molar-refractivity contribution in [3.8, 4) is 11.5 Å². The molecular weight excluding hydrogens is 229 g/mol. The van der Waals surface area contributed by atoms with E-state index in [1.807, 2.05) is 6.92 Å². The minimum atomic E-state index is -0.503. The van der Waals surface area contributed by atoms with Crippen LogP contribution in [-0.4, -0.2) is 20.2 Å². The molecule has 2 N–H and O–H groups in total. The second kappa shape index (κ2) is 5.96. The number of rotatable bonds is 5. The Balaban J connectivity index is 3.22. The first-order valence-corrected chi connectivity index (χ1v) is 5.82. The highest BCUT2D eigenvalue weighted by Gasteiger charge is 2.14. The van der Waals surface area contributed by atoms with E-state index in [4.69, 9.17) is 15.2 Å². The molecule has 1 atom stereocenters. The number of benzene rings is 1. The van der Waals surface area contributed by atoms with E-state index >= 15 is 0 Å². The zero-order valence-corrected chi connectivity index (χ0v) is 10.4. The molecular formula is C11H16FNO2S. The number of nitrogens with two attached hydrogens (primary N) is 1. The van der Waals surface area contributed by atoms with Crippen molar-refractivity contribution in [1.29, 1.82) is 0 Å². The molecule has 0 fully saturated rings. The third-order valence-corrected chi connectivity index (χ3v) is 2.96. The lowest BCUT2D eigenvalue weighted by molar-refractivity contribution is 0.388. The van der Waals surface area contributed by atoms with Gasteiger partial charge >= 0.3 is 0 Å². The van der Waals surface area contributed by atoms with Gasteiger partial charge < -0.3 is 15.2 Å². The highest BCUT2D eigenvalue weighted by atomic mass is 32.2. The van der Waals surface area contributed by atoms with Crippen LogP contribution in [0.5, 0.6) is 11.5 Å². The molecule has 3 nitrogen and oxygen atoms in total. The van der Waals surface area contributed by atoms with Gasteiger partial charge in [0.1, 0.15) is 17.5 Å². The Morgan fingerprint density at radius 3 is 2.38 bits per heavy atom. The second-order valence-electron chi connectivity index (χ2n) is 3.29. The van der Waals surface area contributed by atoms with Gasteiger partial charge in [-0.15, -0.1) is 0 Å². The van der Waals surface area contributed by atoms with E-state index in [9.17, 15) is 4.39 Å². The molecule has 0 spiro atoms. The molecule has 0 heterocycles. The largest absolute Gasteiger partial charge is 0.496 e. The number of ether oxygens (including phenoxy) is 2. The predicted octanol–water partition coefficient (Wildman–Crippen LogP) is 2.74. The number of halogens is 1.